The summed E-state index contributed by atoms with van der Waals surface area (Å²) in [4.78, 5) is 26.8. The molecule has 0 aliphatic carbocycles. The van der Waals surface area contributed by atoms with Crippen LogP contribution in [0.3, 0.4) is 0 Å². The first-order valence-electron chi connectivity index (χ1n) is 7.98. The number of anilines is 1. The second-order valence-corrected chi connectivity index (χ2v) is 7.58. The molecule has 27 heavy (non-hydrogen) atoms. The molecule has 0 bridgehead atoms. The van der Waals surface area contributed by atoms with Gasteiger partial charge in [-0.05, 0) is 35.7 Å². The second-order valence-electron chi connectivity index (χ2n) is 5.52. The minimum atomic E-state index is -0.910. The van der Waals surface area contributed by atoms with E-state index in [0.717, 1.165) is 9.75 Å². The number of para-hydroxylation sites is 1. The second kappa shape index (κ2) is 8.60. The highest BCUT2D eigenvalue weighted by Crippen LogP contribution is 2.33. The van der Waals surface area contributed by atoms with Crippen molar-refractivity contribution in [1.29, 1.82) is 5.26 Å². The third-order valence-corrected chi connectivity index (χ3v) is 5.93. The van der Waals surface area contributed by atoms with Crippen molar-refractivity contribution in [3.05, 3.63) is 64.4 Å². The molecule has 3 rings (SSSR count). The molecular weight excluding hydrogens is 382 g/mol. The van der Waals surface area contributed by atoms with Crippen LogP contribution in [-0.4, -0.2) is 23.5 Å². The lowest BCUT2D eigenvalue weighted by atomic mass is 10.2. The van der Waals surface area contributed by atoms with Crippen LogP contribution in [0.5, 0.6) is 0 Å². The van der Waals surface area contributed by atoms with Gasteiger partial charge in [-0.1, -0.05) is 18.2 Å². The highest BCUT2D eigenvalue weighted by Gasteiger charge is 2.18. The lowest BCUT2D eigenvalue weighted by Gasteiger charge is -2.11. The van der Waals surface area contributed by atoms with Crippen LogP contribution in [0.1, 0.15) is 16.5 Å². The standard InChI is InChI=1S/C19H15N3O3S2/c20-10-12-4-1-2-5-13(12)22-19(25)18(24)21-11-14(23)15-7-8-17(27-15)16-6-3-9-26-16/h1-9,14,23H,11H2,(H,21,24)(H,22,25)/t14-/m1/s1. The first-order valence-corrected chi connectivity index (χ1v) is 9.68. The summed E-state index contributed by atoms with van der Waals surface area (Å²) in [7, 11) is 0. The van der Waals surface area contributed by atoms with Crippen molar-refractivity contribution in [2.45, 2.75) is 6.10 Å². The van der Waals surface area contributed by atoms with Crippen LogP contribution in [0, 0.1) is 11.3 Å². The minimum Gasteiger partial charge on any atom is -0.386 e. The molecule has 0 unspecified atom stereocenters. The van der Waals surface area contributed by atoms with Gasteiger partial charge in [-0.2, -0.15) is 5.26 Å². The third kappa shape index (κ3) is 4.60. The summed E-state index contributed by atoms with van der Waals surface area (Å²) in [5.74, 6) is -1.77. The van der Waals surface area contributed by atoms with E-state index in [0.29, 0.717) is 4.88 Å². The van der Waals surface area contributed by atoms with Gasteiger partial charge >= 0.3 is 11.8 Å². The Morgan fingerprint density at radius 1 is 1.07 bits per heavy atom. The Balaban J connectivity index is 1.55. The van der Waals surface area contributed by atoms with Crippen LogP contribution in [0.15, 0.2) is 53.9 Å². The number of rotatable bonds is 5. The molecule has 6 nitrogen and oxygen atoms in total. The summed E-state index contributed by atoms with van der Waals surface area (Å²) in [6.07, 6.45) is -0.910. The summed E-state index contributed by atoms with van der Waals surface area (Å²) in [6.45, 7) is -0.0868. The van der Waals surface area contributed by atoms with Crippen LogP contribution in [0.4, 0.5) is 5.69 Å². The Kier molecular flexibility index (Phi) is 5.98. The van der Waals surface area contributed by atoms with Crippen molar-refractivity contribution in [3.63, 3.8) is 0 Å². The van der Waals surface area contributed by atoms with Gasteiger partial charge in [0, 0.05) is 21.2 Å². The van der Waals surface area contributed by atoms with E-state index in [1.807, 2.05) is 29.6 Å². The highest BCUT2D eigenvalue weighted by molar-refractivity contribution is 7.21. The number of nitrogens with zero attached hydrogens (tertiary/aromatic N) is 1. The fourth-order valence-electron chi connectivity index (χ4n) is 2.32. The molecule has 1 aromatic carbocycles. The average molecular weight is 397 g/mol. The molecule has 2 amide bonds. The predicted octanol–water partition coefficient (Wildman–Crippen LogP) is 3.14. The number of carbonyl (C=O) groups is 2. The minimum absolute atomic E-state index is 0.0868. The Morgan fingerprint density at radius 3 is 2.63 bits per heavy atom. The SMILES string of the molecule is N#Cc1ccccc1NC(=O)C(=O)NC[C@@H](O)c1ccc(-c2cccs2)s1. The van der Waals surface area contributed by atoms with Crippen molar-refractivity contribution < 1.29 is 14.7 Å². The number of aliphatic hydroxyl groups excluding tert-OH is 1. The van der Waals surface area contributed by atoms with E-state index in [9.17, 15) is 14.7 Å². The number of thiophene rings is 2. The lowest BCUT2D eigenvalue weighted by molar-refractivity contribution is -0.136. The molecule has 0 radical (unpaired) electrons. The molecule has 0 aliphatic rings. The van der Waals surface area contributed by atoms with E-state index in [-0.39, 0.29) is 17.8 Å². The quantitative estimate of drug-likeness (QED) is 0.576. The molecule has 1 atom stereocenters. The Labute approximate surface area is 163 Å². The third-order valence-electron chi connectivity index (χ3n) is 3.68. The van der Waals surface area contributed by atoms with Crippen LogP contribution in [0.2, 0.25) is 0 Å². The topological polar surface area (TPSA) is 102 Å². The van der Waals surface area contributed by atoms with E-state index in [1.165, 1.54) is 17.4 Å². The molecular formula is C19H15N3O3S2. The van der Waals surface area contributed by atoms with Crippen LogP contribution >= 0.6 is 22.7 Å². The Morgan fingerprint density at radius 2 is 1.89 bits per heavy atom. The van der Waals surface area contributed by atoms with Gasteiger partial charge < -0.3 is 15.7 Å². The first-order chi connectivity index (χ1) is 13.1. The molecule has 0 spiro atoms. The molecule has 0 saturated carbocycles. The summed E-state index contributed by atoms with van der Waals surface area (Å²) in [6, 6.07) is 16.0. The molecule has 0 aliphatic heterocycles. The molecule has 3 N–H and O–H groups in total. The van der Waals surface area contributed by atoms with Gasteiger partial charge in [0.1, 0.15) is 12.2 Å². The summed E-state index contributed by atoms with van der Waals surface area (Å²) < 4.78 is 0. The van der Waals surface area contributed by atoms with Gasteiger partial charge in [-0.15, -0.1) is 22.7 Å². The summed E-state index contributed by atoms with van der Waals surface area (Å²) >= 11 is 3.05. The molecule has 0 saturated heterocycles. The van der Waals surface area contributed by atoms with Crippen LogP contribution < -0.4 is 10.6 Å². The van der Waals surface area contributed by atoms with Crippen molar-refractivity contribution >= 4 is 40.2 Å². The zero-order valence-electron chi connectivity index (χ0n) is 14.0. The van der Waals surface area contributed by atoms with Gasteiger partial charge in [0.05, 0.1) is 11.3 Å². The Hall–Kier alpha value is -2.99. The predicted molar refractivity (Wildman–Crippen MR) is 105 cm³/mol. The van der Waals surface area contributed by atoms with Gasteiger partial charge in [-0.25, -0.2) is 0 Å². The maximum absolute atomic E-state index is 12.0. The smallest absolute Gasteiger partial charge is 0.313 e. The van der Waals surface area contributed by atoms with Crippen LogP contribution in [0.25, 0.3) is 9.75 Å². The van der Waals surface area contributed by atoms with Crippen molar-refractivity contribution in [3.8, 4) is 15.8 Å². The molecule has 0 fully saturated rings. The highest BCUT2D eigenvalue weighted by atomic mass is 32.1. The van der Waals surface area contributed by atoms with Gasteiger partial charge in [0.15, 0.2) is 0 Å². The zero-order chi connectivity index (χ0) is 19.2. The fourth-order valence-corrected chi connectivity index (χ4v) is 4.15. The number of aliphatic hydroxyl groups is 1. The Bertz CT molecular complexity index is 990. The monoisotopic (exact) mass is 397 g/mol. The van der Waals surface area contributed by atoms with E-state index in [4.69, 9.17) is 5.26 Å². The average Bonchev–Trinajstić information content (AvgIpc) is 3.37. The molecule has 8 heteroatoms. The number of nitrogens with one attached hydrogen (secondary N) is 2. The van der Waals surface area contributed by atoms with Crippen molar-refractivity contribution in [2.75, 3.05) is 11.9 Å². The first kappa shape index (κ1) is 18.8. The van der Waals surface area contributed by atoms with E-state index in [1.54, 1.807) is 35.6 Å². The number of hydrogen-bond acceptors (Lipinski definition) is 6. The number of amides is 2. The number of carbonyl (C=O) groups excluding carboxylic acids is 2. The van der Waals surface area contributed by atoms with Crippen molar-refractivity contribution in [2.24, 2.45) is 0 Å². The lowest BCUT2D eigenvalue weighted by Crippen LogP contribution is -2.37. The molecule has 2 aromatic heterocycles. The molecule has 2 heterocycles. The number of nitriles is 1. The van der Waals surface area contributed by atoms with Crippen molar-refractivity contribution in [1.82, 2.24) is 5.32 Å². The van der Waals surface area contributed by atoms with Gasteiger partial charge in [-0.3, -0.25) is 9.59 Å². The van der Waals surface area contributed by atoms with Gasteiger partial charge in [0.2, 0.25) is 0 Å². The molecule has 136 valence electrons. The van der Waals surface area contributed by atoms with E-state index >= 15 is 0 Å². The normalized spacial score (nSPS) is 11.4. The number of benzene rings is 1. The summed E-state index contributed by atoms with van der Waals surface area (Å²) in [5, 5.41) is 26.1. The zero-order valence-corrected chi connectivity index (χ0v) is 15.6. The molecule has 3 aromatic rings. The largest absolute Gasteiger partial charge is 0.386 e. The number of hydrogen-bond donors (Lipinski definition) is 3. The maximum atomic E-state index is 12.0. The maximum Gasteiger partial charge on any atom is 0.313 e. The van der Waals surface area contributed by atoms with Gasteiger partial charge in [0.25, 0.3) is 0 Å². The fraction of sp³-hybridized carbons (Fsp3) is 0.105. The van der Waals surface area contributed by atoms with E-state index < -0.39 is 17.9 Å². The van der Waals surface area contributed by atoms with Crippen LogP contribution in [-0.2, 0) is 9.59 Å². The summed E-state index contributed by atoms with van der Waals surface area (Å²) in [5.41, 5.74) is 0.526. The van der Waals surface area contributed by atoms with E-state index in [2.05, 4.69) is 10.6 Å².